The number of carbonyl (C=O) groups excluding carboxylic acids is 1. The van der Waals surface area contributed by atoms with Crippen LogP contribution in [0.2, 0.25) is 0 Å². The lowest BCUT2D eigenvalue weighted by molar-refractivity contribution is -0.122. The van der Waals surface area contributed by atoms with Crippen LogP contribution < -0.4 is 5.32 Å². The Kier molecular flexibility index (Phi) is 6.34. The number of furan rings is 1. The van der Waals surface area contributed by atoms with Gasteiger partial charge in [0.25, 0.3) is 0 Å². The molecule has 0 saturated heterocycles. The summed E-state index contributed by atoms with van der Waals surface area (Å²) in [6.45, 7) is 4.00. The number of amides is 1. The summed E-state index contributed by atoms with van der Waals surface area (Å²) in [5, 5.41) is 16.0. The van der Waals surface area contributed by atoms with E-state index < -0.39 is 0 Å². The molecule has 0 bridgehead atoms. The van der Waals surface area contributed by atoms with Gasteiger partial charge in [-0.3, -0.25) is 4.79 Å². The van der Waals surface area contributed by atoms with E-state index in [4.69, 9.17) is 8.94 Å². The Morgan fingerprint density at radius 2 is 2.30 bits per heavy atom. The number of rotatable bonds is 9. The largest absolute Gasteiger partial charge is 0.461 e. The first-order valence-corrected chi connectivity index (χ1v) is 7.90. The molecule has 0 fully saturated rings. The van der Waals surface area contributed by atoms with E-state index in [0.717, 1.165) is 6.42 Å². The molecule has 23 heavy (non-hydrogen) atoms. The van der Waals surface area contributed by atoms with Crippen molar-refractivity contribution in [2.45, 2.75) is 45.6 Å². The molecule has 0 aliphatic rings. The van der Waals surface area contributed by atoms with Crippen molar-refractivity contribution in [2.75, 3.05) is 6.61 Å². The number of aryl methyl sites for hydroxylation is 1. The highest BCUT2D eigenvalue weighted by atomic mass is 16.5. The van der Waals surface area contributed by atoms with E-state index in [1.54, 1.807) is 18.4 Å². The van der Waals surface area contributed by atoms with Gasteiger partial charge in [-0.25, -0.2) is 0 Å². The molecule has 2 heterocycles. The summed E-state index contributed by atoms with van der Waals surface area (Å²) in [6, 6.07) is 3.32. The van der Waals surface area contributed by atoms with Gasteiger partial charge in [0.05, 0.1) is 18.9 Å². The van der Waals surface area contributed by atoms with Crippen LogP contribution in [-0.4, -0.2) is 33.8 Å². The van der Waals surface area contributed by atoms with Gasteiger partial charge < -0.3 is 19.4 Å². The van der Waals surface area contributed by atoms with Crippen molar-refractivity contribution < 1.29 is 18.8 Å². The fraction of sp³-hybridized carbons (Fsp3) is 0.562. The second kappa shape index (κ2) is 8.47. The van der Waals surface area contributed by atoms with Gasteiger partial charge >= 0.3 is 0 Å². The molecule has 0 spiro atoms. The first kappa shape index (κ1) is 17.2. The Labute approximate surface area is 135 Å². The van der Waals surface area contributed by atoms with Crippen LogP contribution in [0, 0.1) is 5.92 Å². The number of nitrogens with zero attached hydrogens (tertiary/aromatic N) is 2. The standard InChI is InChI=1S/C16H23N3O4/c1-3-11(2)12(10-20)17-14(21)7-4-8-15-18-16(19-23-15)13-6-5-9-22-13/h5-6,9,11-12,20H,3-4,7-8,10H2,1-2H3,(H,17,21)/t11-,12-/m0/s1. The molecule has 7 heteroatoms. The first-order valence-electron chi connectivity index (χ1n) is 7.90. The Balaban J connectivity index is 1.75. The van der Waals surface area contributed by atoms with E-state index in [1.807, 2.05) is 13.8 Å². The molecule has 0 aliphatic carbocycles. The second-order valence-electron chi connectivity index (χ2n) is 5.58. The molecule has 0 radical (unpaired) electrons. The van der Waals surface area contributed by atoms with E-state index >= 15 is 0 Å². The maximum atomic E-state index is 11.9. The summed E-state index contributed by atoms with van der Waals surface area (Å²) in [4.78, 5) is 16.1. The maximum Gasteiger partial charge on any atom is 0.238 e. The molecule has 7 nitrogen and oxygen atoms in total. The molecule has 1 amide bonds. The average Bonchev–Trinajstić information content (AvgIpc) is 3.22. The zero-order valence-corrected chi connectivity index (χ0v) is 13.5. The molecule has 0 unspecified atom stereocenters. The number of aliphatic hydroxyl groups excluding tert-OH is 1. The SMILES string of the molecule is CC[C@H](C)[C@H](CO)NC(=O)CCCc1nc(-c2ccco2)no1. The third-order valence-electron chi connectivity index (χ3n) is 3.88. The van der Waals surface area contributed by atoms with Crippen LogP contribution in [0.5, 0.6) is 0 Å². The van der Waals surface area contributed by atoms with Gasteiger partial charge in [0.15, 0.2) is 5.76 Å². The highest BCUT2D eigenvalue weighted by Crippen LogP contribution is 2.16. The number of carbonyl (C=O) groups is 1. The molecule has 2 aromatic heterocycles. The minimum Gasteiger partial charge on any atom is -0.461 e. The van der Waals surface area contributed by atoms with Crippen molar-refractivity contribution in [2.24, 2.45) is 5.92 Å². The van der Waals surface area contributed by atoms with Crippen LogP contribution in [-0.2, 0) is 11.2 Å². The zero-order chi connectivity index (χ0) is 16.7. The van der Waals surface area contributed by atoms with Crippen molar-refractivity contribution >= 4 is 5.91 Å². The van der Waals surface area contributed by atoms with Crippen LogP contribution >= 0.6 is 0 Å². The second-order valence-corrected chi connectivity index (χ2v) is 5.58. The van der Waals surface area contributed by atoms with E-state index in [0.29, 0.717) is 36.7 Å². The van der Waals surface area contributed by atoms with Gasteiger partial charge in [0.2, 0.25) is 17.6 Å². The Morgan fingerprint density at radius 3 is 2.96 bits per heavy atom. The van der Waals surface area contributed by atoms with Gasteiger partial charge in [-0.1, -0.05) is 25.4 Å². The summed E-state index contributed by atoms with van der Waals surface area (Å²) in [5.41, 5.74) is 0. The van der Waals surface area contributed by atoms with E-state index in [1.165, 1.54) is 0 Å². The lowest BCUT2D eigenvalue weighted by Crippen LogP contribution is -2.41. The molecular weight excluding hydrogens is 298 g/mol. The van der Waals surface area contributed by atoms with Crippen LogP contribution in [0.25, 0.3) is 11.6 Å². The topological polar surface area (TPSA) is 101 Å². The Bertz CT molecular complexity index is 594. The van der Waals surface area contributed by atoms with Gasteiger partial charge in [-0.2, -0.15) is 4.98 Å². The normalized spacial score (nSPS) is 13.7. The predicted molar refractivity (Wildman–Crippen MR) is 83.4 cm³/mol. The quantitative estimate of drug-likeness (QED) is 0.734. The molecule has 2 rings (SSSR count). The van der Waals surface area contributed by atoms with Crippen molar-refractivity contribution in [1.82, 2.24) is 15.5 Å². The number of aliphatic hydroxyl groups is 1. The molecule has 0 aromatic carbocycles. The number of hydrogen-bond donors (Lipinski definition) is 2. The van der Waals surface area contributed by atoms with Crippen molar-refractivity contribution in [3.8, 4) is 11.6 Å². The van der Waals surface area contributed by atoms with Gasteiger partial charge in [0, 0.05) is 12.8 Å². The molecule has 0 aliphatic heterocycles. The number of aromatic nitrogens is 2. The molecule has 2 atom stereocenters. The Hall–Kier alpha value is -2.15. The average molecular weight is 321 g/mol. The van der Waals surface area contributed by atoms with Crippen LogP contribution in [0.4, 0.5) is 0 Å². The maximum absolute atomic E-state index is 11.9. The third kappa shape index (κ3) is 4.92. The van der Waals surface area contributed by atoms with Crippen LogP contribution in [0.15, 0.2) is 27.3 Å². The lowest BCUT2D eigenvalue weighted by atomic mass is 10.00. The monoisotopic (exact) mass is 321 g/mol. The first-order chi connectivity index (χ1) is 11.1. The summed E-state index contributed by atoms with van der Waals surface area (Å²) in [6.07, 6.45) is 3.93. The minimum absolute atomic E-state index is 0.0447. The predicted octanol–water partition coefficient (Wildman–Crippen LogP) is 2.18. The fourth-order valence-corrected chi connectivity index (χ4v) is 2.19. The number of hydrogen-bond acceptors (Lipinski definition) is 6. The van der Waals surface area contributed by atoms with Gasteiger partial charge in [0.1, 0.15) is 0 Å². The number of nitrogens with one attached hydrogen (secondary N) is 1. The summed E-state index contributed by atoms with van der Waals surface area (Å²) in [5.74, 6) is 1.61. The van der Waals surface area contributed by atoms with Gasteiger partial charge in [-0.15, -0.1) is 0 Å². The zero-order valence-electron chi connectivity index (χ0n) is 13.5. The lowest BCUT2D eigenvalue weighted by Gasteiger charge is -2.22. The third-order valence-corrected chi connectivity index (χ3v) is 3.88. The minimum atomic E-state index is -0.193. The molecular formula is C16H23N3O4. The van der Waals surface area contributed by atoms with Crippen LogP contribution in [0.3, 0.4) is 0 Å². The molecule has 0 saturated carbocycles. The van der Waals surface area contributed by atoms with Crippen molar-refractivity contribution in [3.63, 3.8) is 0 Å². The van der Waals surface area contributed by atoms with Crippen molar-refractivity contribution in [3.05, 3.63) is 24.3 Å². The van der Waals surface area contributed by atoms with Crippen molar-refractivity contribution in [1.29, 1.82) is 0 Å². The molecule has 126 valence electrons. The smallest absolute Gasteiger partial charge is 0.238 e. The molecule has 2 N–H and O–H groups in total. The van der Waals surface area contributed by atoms with Crippen LogP contribution in [0.1, 0.15) is 39.0 Å². The fourth-order valence-electron chi connectivity index (χ4n) is 2.19. The highest BCUT2D eigenvalue weighted by Gasteiger charge is 2.17. The van der Waals surface area contributed by atoms with E-state index in [2.05, 4.69) is 15.5 Å². The summed E-state index contributed by atoms with van der Waals surface area (Å²) < 4.78 is 10.3. The highest BCUT2D eigenvalue weighted by molar-refractivity contribution is 5.76. The van der Waals surface area contributed by atoms with E-state index in [9.17, 15) is 9.90 Å². The summed E-state index contributed by atoms with van der Waals surface area (Å²) >= 11 is 0. The Morgan fingerprint density at radius 1 is 1.48 bits per heavy atom. The van der Waals surface area contributed by atoms with Gasteiger partial charge in [-0.05, 0) is 24.5 Å². The molecule has 2 aromatic rings. The summed E-state index contributed by atoms with van der Waals surface area (Å²) in [7, 11) is 0. The van der Waals surface area contributed by atoms with E-state index in [-0.39, 0.29) is 24.5 Å².